The Labute approximate surface area is 177 Å². The molecule has 31 heavy (non-hydrogen) atoms. The van der Waals surface area contributed by atoms with Gasteiger partial charge in [0.05, 0.1) is 12.7 Å². The van der Waals surface area contributed by atoms with Gasteiger partial charge in [-0.25, -0.2) is 9.36 Å². The monoisotopic (exact) mass is 454 g/mol. The summed E-state index contributed by atoms with van der Waals surface area (Å²) >= 11 is 0. The standard InChI is InChI=1S/C18H23N4O8P/c1-11(17(24)25)21-31(27,30-12-5-3-2-4-6-12)28-10-14-13(23)9-16(29-14)22-8-7-15(19)20-18(22)26/h2-8,11,13-14,16,23H,9-10H2,1H3,(H,21,27)(H,24,25)(H2,19,20,26)/t11?,13-,14+,16+,31?/m1/s1. The third-order valence-electron chi connectivity index (χ3n) is 4.47. The van der Waals surface area contributed by atoms with Crippen molar-refractivity contribution in [3.8, 4) is 5.75 Å². The van der Waals surface area contributed by atoms with E-state index in [1.165, 1.54) is 35.9 Å². The molecule has 168 valence electrons. The van der Waals surface area contributed by atoms with Gasteiger partial charge >= 0.3 is 19.4 Å². The van der Waals surface area contributed by atoms with E-state index in [-0.39, 0.29) is 18.0 Å². The molecule has 1 saturated heterocycles. The van der Waals surface area contributed by atoms with Crippen LogP contribution < -0.4 is 21.0 Å². The molecule has 2 unspecified atom stereocenters. The molecule has 5 N–H and O–H groups in total. The van der Waals surface area contributed by atoms with Crippen LogP contribution in [0.3, 0.4) is 0 Å². The molecule has 2 aromatic rings. The summed E-state index contributed by atoms with van der Waals surface area (Å²) in [7, 11) is -4.16. The summed E-state index contributed by atoms with van der Waals surface area (Å²) < 4.78 is 30.8. The van der Waals surface area contributed by atoms with Crippen molar-refractivity contribution in [1.29, 1.82) is 0 Å². The summed E-state index contributed by atoms with van der Waals surface area (Å²) in [6, 6.07) is 8.25. The molecule has 1 fully saturated rings. The van der Waals surface area contributed by atoms with Crippen LogP contribution in [0.4, 0.5) is 5.82 Å². The van der Waals surface area contributed by atoms with Gasteiger partial charge in [0, 0.05) is 12.6 Å². The molecule has 1 aliphatic rings. The highest BCUT2D eigenvalue weighted by atomic mass is 31.2. The van der Waals surface area contributed by atoms with Crippen LogP contribution in [0.15, 0.2) is 47.4 Å². The third kappa shape index (κ3) is 5.90. The Morgan fingerprint density at radius 1 is 1.42 bits per heavy atom. The number of rotatable bonds is 9. The SMILES string of the molecule is CC(NP(=O)(OC[C@@H]1O[C@H](n2ccc(N)nc2=O)C[C@H]1O)Oc1ccccc1)C(=O)O. The molecule has 12 nitrogen and oxygen atoms in total. The zero-order valence-electron chi connectivity index (χ0n) is 16.5. The number of anilines is 1. The molecule has 0 bridgehead atoms. The van der Waals surface area contributed by atoms with Crippen molar-refractivity contribution in [2.24, 2.45) is 0 Å². The van der Waals surface area contributed by atoms with Crippen molar-refractivity contribution < 1.29 is 33.4 Å². The lowest BCUT2D eigenvalue weighted by Gasteiger charge is -2.24. The Bertz CT molecular complexity index is 1020. The predicted octanol–water partition coefficient (Wildman–Crippen LogP) is 0.740. The largest absolute Gasteiger partial charge is 0.480 e. The Morgan fingerprint density at radius 3 is 2.77 bits per heavy atom. The first-order chi connectivity index (χ1) is 14.7. The molecule has 1 aromatic carbocycles. The minimum absolute atomic E-state index is 0.0531. The van der Waals surface area contributed by atoms with E-state index in [0.29, 0.717) is 0 Å². The fourth-order valence-electron chi connectivity index (χ4n) is 2.85. The predicted molar refractivity (Wildman–Crippen MR) is 108 cm³/mol. The Kier molecular flexibility index (Phi) is 7.08. The lowest BCUT2D eigenvalue weighted by molar-refractivity contribution is -0.138. The number of hydrogen-bond donors (Lipinski definition) is 4. The molecule has 0 saturated carbocycles. The molecular formula is C18H23N4O8P. The van der Waals surface area contributed by atoms with Gasteiger partial charge in [-0.05, 0) is 25.1 Å². The van der Waals surface area contributed by atoms with Crippen LogP contribution in [0, 0.1) is 0 Å². The number of hydrogen-bond acceptors (Lipinski definition) is 9. The number of aliphatic carboxylic acids is 1. The molecular weight excluding hydrogens is 431 g/mol. The van der Waals surface area contributed by atoms with Gasteiger partial charge in [-0.1, -0.05) is 18.2 Å². The minimum Gasteiger partial charge on any atom is -0.480 e. The highest BCUT2D eigenvalue weighted by Crippen LogP contribution is 2.45. The van der Waals surface area contributed by atoms with Crippen LogP contribution in [0.5, 0.6) is 5.75 Å². The first-order valence-corrected chi connectivity index (χ1v) is 10.9. The molecule has 0 spiro atoms. The normalized spacial score (nSPS) is 23.7. The fraction of sp³-hybridized carbons (Fsp3) is 0.389. The molecule has 2 heterocycles. The Balaban J connectivity index is 1.70. The zero-order valence-corrected chi connectivity index (χ0v) is 17.4. The number of aromatic nitrogens is 2. The second-order valence-corrected chi connectivity index (χ2v) is 8.55. The van der Waals surface area contributed by atoms with Crippen LogP contribution in [-0.4, -0.2) is 50.6 Å². The summed E-state index contributed by atoms with van der Waals surface area (Å²) in [5.74, 6) is -1.01. The maximum Gasteiger partial charge on any atom is 0.459 e. The van der Waals surface area contributed by atoms with E-state index in [0.717, 1.165) is 0 Å². The van der Waals surface area contributed by atoms with E-state index in [4.69, 9.17) is 24.6 Å². The average Bonchev–Trinajstić information content (AvgIpc) is 3.07. The van der Waals surface area contributed by atoms with Gasteiger partial charge in [0.15, 0.2) is 0 Å². The van der Waals surface area contributed by atoms with Gasteiger partial charge < -0.3 is 25.2 Å². The van der Waals surface area contributed by atoms with Crippen molar-refractivity contribution in [2.75, 3.05) is 12.3 Å². The topological polar surface area (TPSA) is 175 Å². The number of ether oxygens (including phenoxy) is 1. The summed E-state index contributed by atoms with van der Waals surface area (Å²) in [4.78, 5) is 26.8. The highest BCUT2D eigenvalue weighted by Gasteiger charge is 2.39. The first kappa shape index (κ1) is 22.9. The number of aliphatic hydroxyl groups excluding tert-OH is 1. The molecule has 3 rings (SSSR count). The summed E-state index contributed by atoms with van der Waals surface area (Å²) in [6.45, 7) is 0.891. The van der Waals surface area contributed by atoms with Gasteiger partial charge in [-0.2, -0.15) is 10.1 Å². The number of nitrogens with two attached hydrogens (primary N) is 1. The zero-order chi connectivity index (χ0) is 22.6. The molecule has 1 aromatic heterocycles. The number of nitrogen functional groups attached to an aromatic ring is 1. The van der Waals surface area contributed by atoms with Crippen LogP contribution in [-0.2, 0) is 18.6 Å². The average molecular weight is 454 g/mol. The lowest BCUT2D eigenvalue weighted by Crippen LogP contribution is -2.35. The van der Waals surface area contributed by atoms with Crippen molar-refractivity contribution in [1.82, 2.24) is 14.6 Å². The Hall–Kier alpha value is -2.76. The number of aliphatic hydroxyl groups is 1. The van der Waals surface area contributed by atoms with Crippen LogP contribution in [0.25, 0.3) is 0 Å². The van der Waals surface area contributed by atoms with Gasteiger partial charge in [-0.3, -0.25) is 13.9 Å². The second-order valence-electron chi connectivity index (χ2n) is 6.86. The highest BCUT2D eigenvalue weighted by molar-refractivity contribution is 7.52. The van der Waals surface area contributed by atoms with E-state index < -0.39 is 50.5 Å². The van der Waals surface area contributed by atoms with Crippen molar-refractivity contribution in [3.05, 3.63) is 53.1 Å². The van der Waals surface area contributed by atoms with Gasteiger partial charge in [0.25, 0.3) is 0 Å². The van der Waals surface area contributed by atoms with Crippen LogP contribution >= 0.6 is 7.75 Å². The van der Waals surface area contributed by atoms with Crippen LogP contribution in [0.1, 0.15) is 19.6 Å². The van der Waals surface area contributed by atoms with E-state index in [9.17, 15) is 19.3 Å². The maximum absolute atomic E-state index is 13.2. The lowest BCUT2D eigenvalue weighted by atomic mass is 10.2. The van der Waals surface area contributed by atoms with E-state index in [1.807, 2.05) is 0 Å². The Morgan fingerprint density at radius 2 is 2.13 bits per heavy atom. The van der Waals surface area contributed by atoms with E-state index >= 15 is 0 Å². The fourth-order valence-corrected chi connectivity index (χ4v) is 4.36. The molecule has 0 radical (unpaired) electrons. The van der Waals surface area contributed by atoms with Crippen LogP contribution in [0.2, 0.25) is 0 Å². The molecule has 1 aliphatic heterocycles. The number of carboxylic acids is 1. The summed E-state index contributed by atoms with van der Waals surface area (Å²) in [5, 5.41) is 21.8. The van der Waals surface area contributed by atoms with E-state index in [2.05, 4.69) is 10.1 Å². The molecule has 0 aliphatic carbocycles. The van der Waals surface area contributed by atoms with Gasteiger partial charge in [-0.15, -0.1) is 0 Å². The van der Waals surface area contributed by atoms with Gasteiger partial charge in [0.2, 0.25) is 0 Å². The number of nitrogens with zero attached hydrogens (tertiary/aromatic N) is 2. The molecule has 5 atom stereocenters. The first-order valence-electron chi connectivity index (χ1n) is 9.35. The van der Waals surface area contributed by atoms with Crippen molar-refractivity contribution in [3.63, 3.8) is 0 Å². The number of carbonyl (C=O) groups is 1. The molecule has 13 heteroatoms. The number of nitrogens with one attached hydrogen (secondary N) is 1. The van der Waals surface area contributed by atoms with Crippen molar-refractivity contribution in [2.45, 2.75) is 37.8 Å². The minimum atomic E-state index is -4.16. The maximum atomic E-state index is 13.2. The molecule has 0 amide bonds. The number of carboxylic acid groups (broad SMARTS) is 1. The second kappa shape index (κ2) is 9.58. The smallest absolute Gasteiger partial charge is 0.459 e. The van der Waals surface area contributed by atoms with Crippen molar-refractivity contribution >= 4 is 19.5 Å². The summed E-state index contributed by atoms with van der Waals surface area (Å²) in [5.41, 5.74) is 4.83. The number of para-hydroxylation sites is 1. The van der Waals surface area contributed by atoms with Gasteiger partial charge in [0.1, 0.15) is 29.9 Å². The van der Waals surface area contributed by atoms with E-state index in [1.54, 1.807) is 18.2 Å². The summed E-state index contributed by atoms with van der Waals surface area (Å²) in [6.07, 6.45) is -1.38. The number of benzene rings is 1. The quantitative estimate of drug-likeness (QED) is 0.393. The third-order valence-corrected chi connectivity index (χ3v) is 6.11.